The molecular formula is C11H18N4. The molecule has 1 N–H and O–H groups in total. The number of hydrogen-bond acceptors (Lipinski definition) is 4. The van der Waals surface area contributed by atoms with Crippen molar-refractivity contribution in [1.82, 2.24) is 15.3 Å². The third kappa shape index (κ3) is 2.09. The van der Waals surface area contributed by atoms with E-state index in [-0.39, 0.29) is 0 Å². The van der Waals surface area contributed by atoms with Gasteiger partial charge in [-0.25, -0.2) is 9.97 Å². The third-order valence-corrected chi connectivity index (χ3v) is 2.91. The maximum atomic E-state index is 4.42. The van der Waals surface area contributed by atoms with Crippen LogP contribution in [0.15, 0.2) is 6.33 Å². The molecule has 0 amide bonds. The highest BCUT2D eigenvalue weighted by atomic mass is 15.2. The summed E-state index contributed by atoms with van der Waals surface area (Å²) in [4.78, 5) is 11.0. The van der Waals surface area contributed by atoms with Crippen LogP contribution < -0.4 is 10.2 Å². The summed E-state index contributed by atoms with van der Waals surface area (Å²) < 4.78 is 0. The quantitative estimate of drug-likeness (QED) is 0.775. The number of nitrogens with one attached hydrogen (secondary N) is 1. The van der Waals surface area contributed by atoms with Crippen LogP contribution in [0.1, 0.15) is 18.2 Å². The molecule has 1 aromatic heterocycles. The molecule has 0 radical (unpaired) electrons. The first-order chi connectivity index (χ1) is 7.33. The second-order valence-corrected chi connectivity index (χ2v) is 3.85. The first-order valence-corrected chi connectivity index (χ1v) is 5.59. The number of aryl methyl sites for hydroxylation is 1. The van der Waals surface area contributed by atoms with E-state index in [1.807, 2.05) is 0 Å². The number of nitrogens with zero attached hydrogens (tertiary/aromatic N) is 3. The summed E-state index contributed by atoms with van der Waals surface area (Å²) in [6.07, 6.45) is 2.68. The number of rotatable bonds is 2. The van der Waals surface area contributed by atoms with Gasteiger partial charge in [0.05, 0.1) is 0 Å². The van der Waals surface area contributed by atoms with Gasteiger partial charge in [-0.15, -0.1) is 0 Å². The van der Waals surface area contributed by atoms with Gasteiger partial charge in [-0.05, 0) is 13.3 Å². The van der Waals surface area contributed by atoms with E-state index in [0.29, 0.717) is 0 Å². The second kappa shape index (κ2) is 4.57. The van der Waals surface area contributed by atoms with Crippen molar-refractivity contribution in [3.8, 4) is 0 Å². The summed E-state index contributed by atoms with van der Waals surface area (Å²) in [6.45, 7) is 8.41. The summed E-state index contributed by atoms with van der Waals surface area (Å²) in [7, 11) is 0. The van der Waals surface area contributed by atoms with Crippen LogP contribution in [0.5, 0.6) is 0 Å². The molecule has 1 aliphatic heterocycles. The summed E-state index contributed by atoms with van der Waals surface area (Å²) >= 11 is 0. The lowest BCUT2D eigenvalue weighted by molar-refractivity contribution is 0.582. The predicted molar refractivity (Wildman–Crippen MR) is 61.2 cm³/mol. The first-order valence-electron chi connectivity index (χ1n) is 5.59. The number of hydrogen-bond donors (Lipinski definition) is 1. The topological polar surface area (TPSA) is 41.1 Å². The van der Waals surface area contributed by atoms with Gasteiger partial charge in [-0.3, -0.25) is 0 Å². The molecule has 0 unspecified atom stereocenters. The lowest BCUT2D eigenvalue weighted by Crippen LogP contribution is -2.44. The van der Waals surface area contributed by atoms with Gasteiger partial charge in [0.15, 0.2) is 0 Å². The molecule has 4 nitrogen and oxygen atoms in total. The Balaban J connectivity index is 2.29. The molecule has 0 spiro atoms. The number of anilines is 1. The summed E-state index contributed by atoms with van der Waals surface area (Å²) in [5.41, 5.74) is 2.40. The fourth-order valence-corrected chi connectivity index (χ4v) is 2.05. The summed E-state index contributed by atoms with van der Waals surface area (Å²) in [6, 6.07) is 0. The van der Waals surface area contributed by atoms with Gasteiger partial charge in [0.25, 0.3) is 0 Å². The average molecular weight is 206 g/mol. The molecule has 1 saturated heterocycles. The van der Waals surface area contributed by atoms with Crippen molar-refractivity contribution in [3.05, 3.63) is 17.6 Å². The van der Waals surface area contributed by atoms with Crippen molar-refractivity contribution in [3.63, 3.8) is 0 Å². The molecule has 4 heteroatoms. The van der Waals surface area contributed by atoms with Gasteiger partial charge in [0.1, 0.15) is 12.1 Å². The van der Waals surface area contributed by atoms with Crippen LogP contribution in [0.3, 0.4) is 0 Å². The third-order valence-electron chi connectivity index (χ3n) is 2.91. The lowest BCUT2D eigenvalue weighted by Gasteiger charge is -2.30. The SMILES string of the molecule is CCc1c(C)ncnc1N1CCNCC1. The van der Waals surface area contributed by atoms with Gasteiger partial charge in [-0.1, -0.05) is 6.92 Å². The van der Waals surface area contributed by atoms with Crippen LogP contribution in [0, 0.1) is 6.92 Å². The van der Waals surface area contributed by atoms with Crippen molar-refractivity contribution in [1.29, 1.82) is 0 Å². The zero-order valence-electron chi connectivity index (χ0n) is 9.45. The van der Waals surface area contributed by atoms with Crippen molar-refractivity contribution in [2.45, 2.75) is 20.3 Å². The highest BCUT2D eigenvalue weighted by Gasteiger charge is 2.16. The maximum absolute atomic E-state index is 4.42. The van der Waals surface area contributed by atoms with E-state index in [1.54, 1.807) is 6.33 Å². The van der Waals surface area contributed by atoms with E-state index >= 15 is 0 Å². The molecule has 0 aliphatic carbocycles. The smallest absolute Gasteiger partial charge is 0.135 e. The Kier molecular flexibility index (Phi) is 3.16. The minimum Gasteiger partial charge on any atom is -0.354 e. The Labute approximate surface area is 90.7 Å². The van der Waals surface area contributed by atoms with Crippen LogP contribution >= 0.6 is 0 Å². The van der Waals surface area contributed by atoms with Crippen molar-refractivity contribution in [2.75, 3.05) is 31.1 Å². The predicted octanol–water partition coefficient (Wildman–Crippen LogP) is 0.757. The van der Waals surface area contributed by atoms with E-state index in [1.165, 1.54) is 5.56 Å². The molecule has 0 aromatic carbocycles. The van der Waals surface area contributed by atoms with E-state index in [0.717, 1.165) is 44.1 Å². The molecule has 0 saturated carbocycles. The Hall–Kier alpha value is -1.16. The van der Waals surface area contributed by atoms with Gasteiger partial charge in [-0.2, -0.15) is 0 Å². The molecule has 0 atom stereocenters. The Morgan fingerprint density at radius 3 is 2.73 bits per heavy atom. The van der Waals surface area contributed by atoms with Crippen LogP contribution in [0.2, 0.25) is 0 Å². The Morgan fingerprint density at radius 1 is 1.33 bits per heavy atom. The van der Waals surface area contributed by atoms with E-state index in [9.17, 15) is 0 Å². The number of aromatic nitrogens is 2. The summed E-state index contributed by atoms with van der Waals surface area (Å²) in [5, 5.41) is 3.35. The lowest BCUT2D eigenvalue weighted by atomic mass is 10.1. The van der Waals surface area contributed by atoms with Gasteiger partial charge < -0.3 is 10.2 Å². The van der Waals surface area contributed by atoms with E-state index in [4.69, 9.17) is 0 Å². The molecule has 1 aliphatic rings. The molecular weight excluding hydrogens is 188 g/mol. The maximum Gasteiger partial charge on any atom is 0.135 e. The average Bonchev–Trinajstić information content (AvgIpc) is 2.30. The van der Waals surface area contributed by atoms with Crippen LogP contribution in [0.25, 0.3) is 0 Å². The van der Waals surface area contributed by atoms with Crippen LogP contribution in [-0.2, 0) is 6.42 Å². The largest absolute Gasteiger partial charge is 0.354 e. The minimum absolute atomic E-state index is 1.01. The van der Waals surface area contributed by atoms with Crippen LogP contribution in [0.4, 0.5) is 5.82 Å². The highest BCUT2D eigenvalue weighted by Crippen LogP contribution is 2.20. The molecule has 15 heavy (non-hydrogen) atoms. The zero-order chi connectivity index (χ0) is 10.7. The molecule has 1 fully saturated rings. The van der Waals surface area contributed by atoms with Crippen molar-refractivity contribution >= 4 is 5.82 Å². The molecule has 82 valence electrons. The standard InChI is InChI=1S/C11H18N4/c1-3-10-9(2)13-8-14-11(10)15-6-4-12-5-7-15/h8,12H,3-7H2,1-2H3. The van der Waals surface area contributed by atoms with Crippen molar-refractivity contribution < 1.29 is 0 Å². The fourth-order valence-electron chi connectivity index (χ4n) is 2.05. The number of piperazine rings is 1. The van der Waals surface area contributed by atoms with Gasteiger partial charge in [0.2, 0.25) is 0 Å². The second-order valence-electron chi connectivity index (χ2n) is 3.85. The highest BCUT2D eigenvalue weighted by molar-refractivity contribution is 5.48. The summed E-state index contributed by atoms with van der Waals surface area (Å²) in [5.74, 6) is 1.13. The van der Waals surface area contributed by atoms with E-state index in [2.05, 4.69) is 34.0 Å². The molecule has 2 rings (SSSR count). The first kappa shape index (κ1) is 10.4. The molecule has 1 aromatic rings. The van der Waals surface area contributed by atoms with Gasteiger partial charge >= 0.3 is 0 Å². The Bertz CT molecular complexity index is 331. The van der Waals surface area contributed by atoms with Crippen LogP contribution in [-0.4, -0.2) is 36.1 Å². The monoisotopic (exact) mass is 206 g/mol. The Morgan fingerprint density at radius 2 is 2.07 bits per heavy atom. The molecule has 2 heterocycles. The van der Waals surface area contributed by atoms with Crippen molar-refractivity contribution in [2.24, 2.45) is 0 Å². The zero-order valence-corrected chi connectivity index (χ0v) is 9.45. The minimum atomic E-state index is 1.01. The van der Waals surface area contributed by atoms with Gasteiger partial charge in [0, 0.05) is 37.4 Å². The van der Waals surface area contributed by atoms with E-state index < -0.39 is 0 Å². The normalized spacial score (nSPS) is 16.8. The molecule has 0 bridgehead atoms. The fraction of sp³-hybridized carbons (Fsp3) is 0.636.